The molecule has 0 saturated heterocycles. The Morgan fingerprint density at radius 2 is 1.69 bits per heavy atom. The van der Waals surface area contributed by atoms with Gasteiger partial charge in [0, 0.05) is 18.6 Å². The molecule has 3 rings (SSSR count). The molecule has 0 aromatic heterocycles. The maximum atomic E-state index is 14.0. The molecular weight excluding hydrogens is 538 g/mol. The van der Waals surface area contributed by atoms with Crippen molar-refractivity contribution in [1.82, 2.24) is 10.2 Å². The summed E-state index contributed by atoms with van der Waals surface area (Å²) in [5.41, 5.74) is 2.00. The molecule has 3 aromatic rings. The van der Waals surface area contributed by atoms with Gasteiger partial charge in [-0.25, -0.2) is 8.42 Å². The third kappa shape index (κ3) is 7.30. The molecule has 2 amide bonds. The number of anilines is 1. The third-order valence-electron chi connectivity index (χ3n) is 6.41. The number of carbonyl (C=O) groups excluding carboxylic acids is 2. The minimum Gasteiger partial charge on any atom is -0.495 e. The molecule has 0 aliphatic rings. The van der Waals surface area contributed by atoms with E-state index >= 15 is 0 Å². The Bertz CT molecular complexity index is 1380. The smallest absolute Gasteiger partial charge is 0.264 e. The van der Waals surface area contributed by atoms with Gasteiger partial charge in [0.15, 0.2) is 0 Å². The quantitative estimate of drug-likeness (QED) is 0.346. The highest BCUT2D eigenvalue weighted by Gasteiger charge is 2.34. The summed E-state index contributed by atoms with van der Waals surface area (Å²) in [4.78, 5) is 28.2. The zero-order chi connectivity index (χ0) is 28.6. The highest BCUT2D eigenvalue weighted by atomic mass is 35.5. The first kappa shape index (κ1) is 30.0. The predicted molar refractivity (Wildman–Crippen MR) is 154 cm³/mol. The fourth-order valence-corrected chi connectivity index (χ4v) is 5.85. The monoisotopic (exact) mass is 571 g/mol. The van der Waals surface area contributed by atoms with Gasteiger partial charge in [-0.2, -0.15) is 0 Å². The number of amides is 2. The Kier molecular flexibility index (Phi) is 10.4. The molecule has 0 unspecified atom stereocenters. The number of aryl methyl sites for hydroxylation is 1. The van der Waals surface area contributed by atoms with Crippen molar-refractivity contribution in [1.29, 1.82) is 0 Å². The molecule has 0 fully saturated rings. The van der Waals surface area contributed by atoms with E-state index in [1.807, 2.05) is 44.2 Å². The number of rotatable bonds is 12. The summed E-state index contributed by atoms with van der Waals surface area (Å²) in [6.07, 6.45) is 0.844. The van der Waals surface area contributed by atoms with E-state index in [-0.39, 0.29) is 33.8 Å². The molecular formula is C29H34ClN3O5S. The standard InChI is InChI=1S/C29H34ClN3O5S/c1-5-25(29(35)31-3)32(18-17-22-9-7-6-8-10-22)28(34)20-33(26-19-23(30)13-16-27(26)38-4)39(36,37)24-14-11-21(2)12-15-24/h6-16,19,25H,5,17-18,20H2,1-4H3,(H,31,35)/t25-/m0/s1. The van der Waals surface area contributed by atoms with E-state index in [0.717, 1.165) is 15.4 Å². The summed E-state index contributed by atoms with van der Waals surface area (Å²) in [5, 5.41) is 2.90. The minimum absolute atomic E-state index is 0.0112. The molecule has 0 saturated carbocycles. The molecule has 0 heterocycles. The van der Waals surface area contributed by atoms with Gasteiger partial charge in [-0.3, -0.25) is 13.9 Å². The molecule has 1 N–H and O–H groups in total. The van der Waals surface area contributed by atoms with Gasteiger partial charge in [0.25, 0.3) is 10.0 Å². The van der Waals surface area contributed by atoms with Crippen LogP contribution in [0, 0.1) is 6.92 Å². The van der Waals surface area contributed by atoms with Crippen molar-refractivity contribution in [3.05, 3.63) is 88.9 Å². The lowest BCUT2D eigenvalue weighted by atomic mass is 10.1. The van der Waals surface area contributed by atoms with Crippen molar-refractivity contribution in [2.45, 2.75) is 37.6 Å². The number of ether oxygens (including phenoxy) is 1. The Balaban J connectivity index is 2.07. The third-order valence-corrected chi connectivity index (χ3v) is 8.42. The van der Waals surface area contributed by atoms with Crippen molar-refractivity contribution in [3.63, 3.8) is 0 Å². The Labute approximate surface area is 235 Å². The van der Waals surface area contributed by atoms with E-state index < -0.39 is 28.5 Å². The van der Waals surface area contributed by atoms with E-state index in [1.54, 1.807) is 24.3 Å². The van der Waals surface area contributed by atoms with Crippen molar-refractivity contribution >= 4 is 39.1 Å². The number of carbonyl (C=O) groups is 2. The molecule has 208 valence electrons. The summed E-state index contributed by atoms with van der Waals surface area (Å²) < 4.78 is 34.4. The SMILES string of the molecule is CC[C@@H](C(=O)NC)N(CCc1ccccc1)C(=O)CN(c1cc(Cl)ccc1OC)S(=O)(=O)c1ccc(C)cc1. The largest absolute Gasteiger partial charge is 0.495 e. The lowest BCUT2D eigenvalue weighted by Gasteiger charge is -2.33. The molecule has 0 aliphatic carbocycles. The zero-order valence-electron chi connectivity index (χ0n) is 22.6. The highest BCUT2D eigenvalue weighted by molar-refractivity contribution is 7.92. The molecule has 8 nitrogen and oxygen atoms in total. The lowest BCUT2D eigenvalue weighted by molar-refractivity contribution is -0.139. The Morgan fingerprint density at radius 1 is 1.03 bits per heavy atom. The second-order valence-corrected chi connectivity index (χ2v) is 11.3. The summed E-state index contributed by atoms with van der Waals surface area (Å²) >= 11 is 6.26. The number of hydrogen-bond acceptors (Lipinski definition) is 5. The second-order valence-electron chi connectivity index (χ2n) is 9.00. The fraction of sp³-hybridized carbons (Fsp3) is 0.310. The summed E-state index contributed by atoms with van der Waals surface area (Å²) in [5.74, 6) is -0.622. The van der Waals surface area contributed by atoms with Gasteiger partial charge in [0.1, 0.15) is 18.3 Å². The first-order chi connectivity index (χ1) is 18.6. The van der Waals surface area contributed by atoms with Crippen LogP contribution < -0.4 is 14.4 Å². The van der Waals surface area contributed by atoms with Crippen molar-refractivity contribution < 1.29 is 22.7 Å². The van der Waals surface area contributed by atoms with Crippen LogP contribution >= 0.6 is 11.6 Å². The van der Waals surface area contributed by atoms with E-state index in [4.69, 9.17) is 16.3 Å². The van der Waals surface area contributed by atoms with E-state index in [1.165, 1.54) is 37.3 Å². The van der Waals surface area contributed by atoms with Gasteiger partial charge in [-0.15, -0.1) is 0 Å². The number of methoxy groups -OCH3 is 1. The van der Waals surface area contributed by atoms with Crippen molar-refractivity contribution in [2.24, 2.45) is 0 Å². The second kappa shape index (κ2) is 13.5. The van der Waals surface area contributed by atoms with Crippen LogP contribution in [-0.4, -0.2) is 58.4 Å². The summed E-state index contributed by atoms with van der Waals surface area (Å²) in [6, 6.07) is 19.7. The number of nitrogens with zero attached hydrogens (tertiary/aromatic N) is 2. The van der Waals surface area contributed by atoms with Crippen molar-refractivity contribution in [3.8, 4) is 5.75 Å². The lowest BCUT2D eigenvalue weighted by Crippen LogP contribution is -2.52. The van der Waals surface area contributed by atoms with Crippen molar-refractivity contribution in [2.75, 3.05) is 31.6 Å². The van der Waals surface area contributed by atoms with Crippen LogP contribution in [0.1, 0.15) is 24.5 Å². The fourth-order valence-electron chi connectivity index (χ4n) is 4.27. The van der Waals surface area contributed by atoms with Gasteiger partial charge >= 0.3 is 0 Å². The maximum Gasteiger partial charge on any atom is 0.264 e. The maximum absolute atomic E-state index is 14.0. The zero-order valence-corrected chi connectivity index (χ0v) is 24.1. The van der Waals surface area contributed by atoms with Crippen LogP contribution in [0.15, 0.2) is 77.7 Å². The normalized spacial score (nSPS) is 11.9. The van der Waals surface area contributed by atoms with Crippen LogP contribution in [0.3, 0.4) is 0 Å². The first-order valence-electron chi connectivity index (χ1n) is 12.6. The van der Waals surface area contributed by atoms with Crippen LogP contribution in [0.5, 0.6) is 5.75 Å². The average molecular weight is 572 g/mol. The van der Waals surface area contributed by atoms with Gasteiger partial charge in [-0.05, 0) is 55.7 Å². The predicted octanol–water partition coefficient (Wildman–Crippen LogP) is 4.45. The number of hydrogen-bond donors (Lipinski definition) is 1. The molecule has 0 radical (unpaired) electrons. The molecule has 0 aliphatic heterocycles. The van der Waals surface area contributed by atoms with Gasteiger partial charge in [0.2, 0.25) is 11.8 Å². The number of halogens is 1. The van der Waals surface area contributed by atoms with Gasteiger partial charge in [0.05, 0.1) is 17.7 Å². The van der Waals surface area contributed by atoms with E-state index in [0.29, 0.717) is 12.8 Å². The van der Waals surface area contributed by atoms with Crippen LogP contribution in [-0.2, 0) is 26.0 Å². The molecule has 1 atom stereocenters. The summed E-state index contributed by atoms with van der Waals surface area (Å²) in [6.45, 7) is 3.32. The van der Waals surface area contributed by atoms with E-state index in [2.05, 4.69) is 5.32 Å². The number of likely N-dealkylation sites (N-methyl/N-ethyl adjacent to an activating group) is 1. The molecule has 3 aromatic carbocycles. The minimum atomic E-state index is -4.23. The van der Waals surface area contributed by atoms with Gasteiger partial charge in [-0.1, -0.05) is 66.6 Å². The Hall–Kier alpha value is -3.56. The molecule has 10 heteroatoms. The number of sulfonamides is 1. The molecule has 0 bridgehead atoms. The summed E-state index contributed by atoms with van der Waals surface area (Å²) in [7, 11) is -1.30. The van der Waals surface area contributed by atoms with Gasteiger partial charge < -0.3 is 15.0 Å². The van der Waals surface area contributed by atoms with Crippen LogP contribution in [0.2, 0.25) is 5.02 Å². The van der Waals surface area contributed by atoms with E-state index in [9.17, 15) is 18.0 Å². The molecule has 39 heavy (non-hydrogen) atoms. The first-order valence-corrected chi connectivity index (χ1v) is 14.4. The van der Waals surface area contributed by atoms with Crippen LogP contribution in [0.4, 0.5) is 5.69 Å². The number of benzene rings is 3. The topological polar surface area (TPSA) is 96.0 Å². The number of nitrogens with one attached hydrogen (secondary N) is 1. The van der Waals surface area contributed by atoms with Crippen LogP contribution in [0.25, 0.3) is 0 Å². The molecule has 0 spiro atoms. The Morgan fingerprint density at radius 3 is 2.28 bits per heavy atom. The highest BCUT2D eigenvalue weighted by Crippen LogP contribution is 2.35. The average Bonchev–Trinajstić information content (AvgIpc) is 2.94.